The third-order valence-electron chi connectivity index (χ3n) is 3.69. The predicted molar refractivity (Wildman–Crippen MR) is 78.8 cm³/mol. The van der Waals surface area contributed by atoms with Gasteiger partial charge in [0.25, 0.3) is 0 Å². The molecular formula is C17H22O3. The number of rotatable bonds is 3. The fourth-order valence-electron chi connectivity index (χ4n) is 2.60. The van der Waals surface area contributed by atoms with E-state index >= 15 is 0 Å². The quantitative estimate of drug-likeness (QED) is 0.861. The Morgan fingerprint density at radius 2 is 2.10 bits per heavy atom. The molecule has 3 nitrogen and oxygen atoms in total. The molecule has 3 heteroatoms. The molecule has 0 saturated heterocycles. The Labute approximate surface area is 120 Å². The molecule has 1 aromatic rings. The largest absolute Gasteiger partial charge is 0.490 e. The minimum Gasteiger partial charge on any atom is -0.490 e. The topological polar surface area (TPSA) is 38.7 Å². The number of aliphatic hydroxyl groups excluding tert-OH is 1. The normalized spacial score (nSPS) is 21.9. The number of aryl methyl sites for hydroxylation is 1. The van der Waals surface area contributed by atoms with Gasteiger partial charge in [0.2, 0.25) is 0 Å². The Morgan fingerprint density at radius 1 is 1.30 bits per heavy atom. The van der Waals surface area contributed by atoms with Crippen LogP contribution in [0.2, 0.25) is 0 Å². The SMILES string of the molecule is COC1CCCC(Oc2ccc(C#CCO)cc2C)C1. The Hall–Kier alpha value is -1.50. The Bertz CT molecular complexity index is 499. The van der Waals surface area contributed by atoms with E-state index in [1.165, 1.54) is 0 Å². The summed E-state index contributed by atoms with van der Waals surface area (Å²) in [7, 11) is 1.77. The van der Waals surface area contributed by atoms with Gasteiger partial charge in [0.05, 0.1) is 6.10 Å². The highest BCUT2D eigenvalue weighted by Gasteiger charge is 2.23. The van der Waals surface area contributed by atoms with Crippen molar-refractivity contribution in [1.29, 1.82) is 0 Å². The summed E-state index contributed by atoms with van der Waals surface area (Å²) in [4.78, 5) is 0. The molecular weight excluding hydrogens is 252 g/mol. The summed E-state index contributed by atoms with van der Waals surface area (Å²) in [5.41, 5.74) is 1.98. The second-order valence-electron chi connectivity index (χ2n) is 5.20. The van der Waals surface area contributed by atoms with Crippen molar-refractivity contribution in [3.63, 3.8) is 0 Å². The summed E-state index contributed by atoms with van der Waals surface area (Å²) in [6, 6.07) is 5.89. The second kappa shape index (κ2) is 7.33. The van der Waals surface area contributed by atoms with Crippen molar-refractivity contribution in [3.8, 4) is 17.6 Å². The minimum absolute atomic E-state index is 0.113. The maximum Gasteiger partial charge on any atom is 0.122 e. The van der Waals surface area contributed by atoms with E-state index in [1.807, 2.05) is 25.1 Å². The molecule has 0 spiro atoms. The molecule has 108 valence electrons. The summed E-state index contributed by atoms with van der Waals surface area (Å²) < 4.78 is 11.5. The number of methoxy groups -OCH3 is 1. The fraction of sp³-hybridized carbons (Fsp3) is 0.529. The van der Waals surface area contributed by atoms with Crippen molar-refractivity contribution >= 4 is 0 Å². The van der Waals surface area contributed by atoms with Gasteiger partial charge in [0, 0.05) is 19.1 Å². The monoisotopic (exact) mass is 274 g/mol. The first-order valence-electron chi connectivity index (χ1n) is 7.12. The van der Waals surface area contributed by atoms with Crippen LogP contribution in [0, 0.1) is 18.8 Å². The van der Waals surface area contributed by atoms with Crippen LogP contribution >= 0.6 is 0 Å². The molecule has 1 saturated carbocycles. The first-order chi connectivity index (χ1) is 9.72. The van der Waals surface area contributed by atoms with E-state index in [-0.39, 0.29) is 12.7 Å². The number of aliphatic hydroxyl groups is 1. The third kappa shape index (κ3) is 4.00. The highest BCUT2D eigenvalue weighted by molar-refractivity contribution is 5.43. The molecule has 20 heavy (non-hydrogen) atoms. The summed E-state index contributed by atoms with van der Waals surface area (Å²) in [6.45, 7) is 1.91. The van der Waals surface area contributed by atoms with Gasteiger partial charge in [-0.15, -0.1) is 0 Å². The van der Waals surface area contributed by atoms with Crippen LogP contribution in [0.5, 0.6) is 5.75 Å². The van der Waals surface area contributed by atoms with Crippen molar-refractivity contribution in [1.82, 2.24) is 0 Å². The lowest BCUT2D eigenvalue weighted by Gasteiger charge is -2.29. The molecule has 1 aliphatic carbocycles. The van der Waals surface area contributed by atoms with E-state index in [9.17, 15) is 0 Å². The van der Waals surface area contributed by atoms with E-state index in [4.69, 9.17) is 14.6 Å². The van der Waals surface area contributed by atoms with E-state index in [0.29, 0.717) is 6.10 Å². The predicted octanol–water partition coefficient (Wildman–Crippen LogP) is 2.68. The average molecular weight is 274 g/mol. The van der Waals surface area contributed by atoms with Gasteiger partial charge in [-0.25, -0.2) is 0 Å². The Balaban J connectivity index is 2.02. The molecule has 0 bridgehead atoms. The van der Waals surface area contributed by atoms with Crippen LogP contribution in [-0.2, 0) is 4.74 Å². The summed E-state index contributed by atoms with van der Waals surface area (Å²) in [6.07, 6.45) is 4.89. The van der Waals surface area contributed by atoms with Gasteiger partial charge in [0.1, 0.15) is 18.5 Å². The minimum atomic E-state index is -0.113. The van der Waals surface area contributed by atoms with Crippen molar-refractivity contribution in [2.75, 3.05) is 13.7 Å². The first-order valence-corrected chi connectivity index (χ1v) is 7.12. The van der Waals surface area contributed by atoms with Crippen molar-refractivity contribution in [2.24, 2.45) is 0 Å². The molecule has 1 fully saturated rings. The van der Waals surface area contributed by atoms with Crippen LogP contribution < -0.4 is 4.74 Å². The van der Waals surface area contributed by atoms with Crippen LogP contribution in [0.1, 0.15) is 36.8 Å². The van der Waals surface area contributed by atoms with E-state index in [2.05, 4.69) is 11.8 Å². The zero-order valence-electron chi connectivity index (χ0n) is 12.2. The van der Waals surface area contributed by atoms with Crippen molar-refractivity contribution in [2.45, 2.75) is 44.8 Å². The zero-order valence-corrected chi connectivity index (χ0v) is 12.2. The molecule has 1 aliphatic rings. The molecule has 0 aliphatic heterocycles. The molecule has 2 rings (SSSR count). The van der Waals surface area contributed by atoms with E-state index < -0.39 is 0 Å². The second-order valence-corrected chi connectivity index (χ2v) is 5.20. The number of ether oxygens (including phenoxy) is 2. The lowest BCUT2D eigenvalue weighted by Crippen LogP contribution is -2.29. The van der Waals surface area contributed by atoms with Crippen LogP contribution in [-0.4, -0.2) is 31.0 Å². The summed E-state index contributed by atoms with van der Waals surface area (Å²) in [5, 5.41) is 8.71. The number of hydrogen-bond donors (Lipinski definition) is 1. The summed E-state index contributed by atoms with van der Waals surface area (Å²) >= 11 is 0. The Kier molecular flexibility index (Phi) is 5.46. The fourth-order valence-corrected chi connectivity index (χ4v) is 2.60. The van der Waals surface area contributed by atoms with E-state index in [0.717, 1.165) is 42.6 Å². The number of benzene rings is 1. The van der Waals surface area contributed by atoms with Gasteiger partial charge in [-0.2, -0.15) is 0 Å². The van der Waals surface area contributed by atoms with Gasteiger partial charge < -0.3 is 14.6 Å². The van der Waals surface area contributed by atoms with Gasteiger partial charge in [0.15, 0.2) is 0 Å². The van der Waals surface area contributed by atoms with Crippen LogP contribution in [0.3, 0.4) is 0 Å². The van der Waals surface area contributed by atoms with Crippen LogP contribution in [0.4, 0.5) is 0 Å². The lowest BCUT2D eigenvalue weighted by molar-refractivity contribution is 0.0207. The maximum absolute atomic E-state index is 8.71. The van der Waals surface area contributed by atoms with Gasteiger partial charge in [-0.3, -0.25) is 0 Å². The number of hydrogen-bond acceptors (Lipinski definition) is 3. The Morgan fingerprint density at radius 3 is 2.80 bits per heavy atom. The first kappa shape index (κ1) is 14.9. The van der Waals surface area contributed by atoms with Crippen molar-refractivity contribution < 1.29 is 14.6 Å². The molecule has 1 N–H and O–H groups in total. The van der Waals surface area contributed by atoms with Crippen molar-refractivity contribution in [3.05, 3.63) is 29.3 Å². The van der Waals surface area contributed by atoms with Crippen LogP contribution in [0.25, 0.3) is 0 Å². The molecule has 0 aromatic heterocycles. The molecule has 0 amide bonds. The standard InChI is InChI=1S/C17H22O3/c1-13-11-14(5-4-10-18)8-9-17(13)20-16-7-3-6-15(12-16)19-2/h8-9,11,15-16,18H,3,6-7,10,12H2,1-2H3. The van der Waals surface area contributed by atoms with Gasteiger partial charge in [-0.05, 0) is 49.9 Å². The van der Waals surface area contributed by atoms with Crippen LogP contribution in [0.15, 0.2) is 18.2 Å². The third-order valence-corrected chi connectivity index (χ3v) is 3.69. The molecule has 0 radical (unpaired) electrons. The molecule has 2 atom stereocenters. The molecule has 1 aromatic carbocycles. The highest BCUT2D eigenvalue weighted by Crippen LogP contribution is 2.27. The highest BCUT2D eigenvalue weighted by atomic mass is 16.5. The molecule has 0 heterocycles. The summed E-state index contributed by atoms with van der Waals surface area (Å²) in [5.74, 6) is 6.48. The average Bonchev–Trinajstić information content (AvgIpc) is 2.48. The zero-order chi connectivity index (χ0) is 14.4. The lowest BCUT2D eigenvalue weighted by atomic mass is 9.95. The van der Waals surface area contributed by atoms with Gasteiger partial charge >= 0.3 is 0 Å². The van der Waals surface area contributed by atoms with E-state index in [1.54, 1.807) is 7.11 Å². The smallest absolute Gasteiger partial charge is 0.122 e. The molecule has 2 unspecified atom stereocenters. The van der Waals surface area contributed by atoms with Gasteiger partial charge in [-0.1, -0.05) is 11.8 Å². The maximum atomic E-state index is 8.71.